The number of ether oxygens (including phenoxy) is 2. The molecule has 0 N–H and O–H groups in total. The van der Waals surface area contributed by atoms with E-state index in [2.05, 4.69) is 10.1 Å². The molecule has 2 aromatic heterocycles. The van der Waals surface area contributed by atoms with Crippen molar-refractivity contribution in [2.75, 3.05) is 6.61 Å². The molecule has 1 aromatic carbocycles. The van der Waals surface area contributed by atoms with Crippen molar-refractivity contribution in [2.45, 2.75) is 44.9 Å². The second-order valence-electron chi connectivity index (χ2n) is 6.98. The lowest BCUT2D eigenvalue weighted by Gasteiger charge is -2.23. The van der Waals surface area contributed by atoms with Gasteiger partial charge in [-0.05, 0) is 43.9 Å². The molecule has 0 spiro atoms. The lowest BCUT2D eigenvalue weighted by molar-refractivity contribution is -0.0367. The summed E-state index contributed by atoms with van der Waals surface area (Å²) < 4.78 is 13.8. The smallest absolute Gasteiger partial charge is 0.170 e. The Kier molecular flexibility index (Phi) is 6.04. The zero-order valence-corrected chi connectivity index (χ0v) is 17.5. The van der Waals surface area contributed by atoms with Gasteiger partial charge in [0, 0.05) is 30.0 Å². The summed E-state index contributed by atoms with van der Waals surface area (Å²) in [5.74, 6) is 0.612. The van der Waals surface area contributed by atoms with E-state index in [0.29, 0.717) is 40.1 Å². The fourth-order valence-electron chi connectivity index (χ4n) is 3.68. The topological polar surface area (TPSA) is 66.2 Å². The Morgan fingerprint density at radius 2 is 2.10 bits per heavy atom. The van der Waals surface area contributed by atoms with E-state index in [1.165, 1.54) is 0 Å². The first-order valence-electron chi connectivity index (χ1n) is 9.67. The van der Waals surface area contributed by atoms with Crippen molar-refractivity contribution >= 4 is 40.4 Å². The van der Waals surface area contributed by atoms with E-state index < -0.39 is 0 Å². The minimum absolute atomic E-state index is 0.149. The summed E-state index contributed by atoms with van der Waals surface area (Å²) in [5.41, 5.74) is 1.92. The van der Waals surface area contributed by atoms with Crippen LogP contribution in [0.15, 0.2) is 30.6 Å². The molecule has 6 nitrogen and oxygen atoms in total. The van der Waals surface area contributed by atoms with Gasteiger partial charge in [0.2, 0.25) is 0 Å². The highest BCUT2D eigenvalue weighted by Crippen LogP contribution is 2.36. The Bertz CT molecular complexity index is 1010. The lowest BCUT2D eigenvalue weighted by Crippen LogP contribution is -2.19. The second-order valence-corrected chi connectivity index (χ2v) is 7.79. The van der Waals surface area contributed by atoms with Crippen LogP contribution in [0.1, 0.15) is 61.0 Å². The summed E-state index contributed by atoms with van der Waals surface area (Å²) >= 11 is 12.6. The molecular weight excluding hydrogens is 413 g/mol. The molecule has 152 valence electrons. The van der Waals surface area contributed by atoms with Crippen molar-refractivity contribution in [1.29, 1.82) is 0 Å². The summed E-state index contributed by atoms with van der Waals surface area (Å²) in [5, 5.41) is 6.12. The summed E-state index contributed by atoms with van der Waals surface area (Å²) in [6, 6.07) is 5.60. The van der Waals surface area contributed by atoms with Gasteiger partial charge >= 0.3 is 0 Å². The maximum atomic E-state index is 11.6. The zero-order valence-electron chi connectivity index (χ0n) is 16.0. The molecule has 0 radical (unpaired) electrons. The molecule has 0 saturated carbocycles. The highest BCUT2D eigenvalue weighted by atomic mass is 35.5. The second kappa shape index (κ2) is 8.69. The van der Waals surface area contributed by atoms with Gasteiger partial charge in [-0.1, -0.05) is 30.1 Å². The maximum absolute atomic E-state index is 11.6. The fraction of sp³-hybridized carbons (Fsp3) is 0.381. The van der Waals surface area contributed by atoms with Gasteiger partial charge in [0.1, 0.15) is 17.5 Å². The predicted molar refractivity (Wildman–Crippen MR) is 112 cm³/mol. The third kappa shape index (κ3) is 3.97. The monoisotopic (exact) mass is 433 g/mol. The first kappa shape index (κ1) is 20.1. The van der Waals surface area contributed by atoms with E-state index in [-0.39, 0.29) is 12.3 Å². The van der Waals surface area contributed by atoms with Gasteiger partial charge in [-0.2, -0.15) is 5.10 Å². The molecular formula is C21H21Cl2N3O3. The molecule has 0 aliphatic carbocycles. The molecule has 29 heavy (non-hydrogen) atoms. The number of aldehydes is 1. The van der Waals surface area contributed by atoms with E-state index in [4.69, 9.17) is 32.7 Å². The molecule has 4 rings (SSSR count). The van der Waals surface area contributed by atoms with Crippen LogP contribution >= 0.6 is 23.2 Å². The van der Waals surface area contributed by atoms with Crippen LogP contribution in [0.3, 0.4) is 0 Å². The number of halogens is 2. The van der Waals surface area contributed by atoms with Crippen LogP contribution in [0.25, 0.3) is 10.9 Å². The Balaban J connectivity index is 1.69. The highest BCUT2D eigenvalue weighted by Gasteiger charge is 2.23. The average molecular weight is 434 g/mol. The normalized spacial score (nSPS) is 18.0. The molecule has 2 atom stereocenters. The number of rotatable bonds is 6. The van der Waals surface area contributed by atoms with Crippen molar-refractivity contribution in [2.24, 2.45) is 0 Å². The molecule has 0 amide bonds. The largest absolute Gasteiger partial charge is 0.486 e. The van der Waals surface area contributed by atoms with Crippen LogP contribution in [0.2, 0.25) is 10.0 Å². The van der Waals surface area contributed by atoms with Crippen LogP contribution in [-0.2, 0) is 4.74 Å². The summed E-state index contributed by atoms with van der Waals surface area (Å²) in [7, 11) is 0. The number of aromatic nitrogens is 3. The number of nitrogens with zero attached hydrogens (tertiary/aromatic N) is 3. The first-order chi connectivity index (χ1) is 14.1. The zero-order chi connectivity index (χ0) is 20.4. The van der Waals surface area contributed by atoms with E-state index in [0.717, 1.165) is 36.5 Å². The van der Waals surface area contributed by atoms with E-state index in [1.54, 1.807) is 17.1 Å². The van der Waals surface area contributed by atoms with Gasteiger partial charge in [-0.15, -0.1) is 0 Å². The molecule has 1 fully saturated rings. The number of pyridine rings is 1. The van der Waals surface area contributed by atoms with Crippen molar-refractivity contribution < 1.29 is 14.3 Å². The molecule has 2 unspecified atom stereocenters. The van der Waals surface area contributed by atoms with E-state index in [1.807, 2.05) is 25.1 Å². The van der Waals surface area contributed by atoms with Crippen LogP contribution in [0.5, 0.6) is 5.75 Å². The van der Waals surface area contributed by atoms with Crippen LogP contribution in [0, 0.1) is 0 Å². The Morgan fingerprint density at radius 1 is 1.31 bits per heavy atom. The van der Waals surface area contributed by atoms with Gasteiger partial charge in [-0.25, -0.2) is 4.68 Å². The predicted octanol–water partition coefficient (Wildman–Crippen LogP) is 5.78. The third-order valence-corrected chi connectivity index (χ3v) is 5.71. The molecule has 3 heterocycles. The van der Waals surface area contributed by atoms with Crippen LogP contribution < -0.4 is 4.74 Å². The molecule has 1 aliphatic heterocycles. The minimum atomic E-state index is -0.341. The minimum Gasteiger partial charge on any atom is -0.486 e. The standard InChI is InChI=1S/C21H21Cl2N3O3/c1-2-19(21-15(22)10-24-11-16(21)23)29-13-6-7-18-14(9-13)17(12-27)25-26(18)20-5-3-4-8-28-20/h6-7,9-12,19-20H,2-5,8H2,1H3. The van der Waals surface area contributed by atoms with Crippen molar-refractivity contribution in [3.63, 3.8) is 0 Å². The molecule has 1 aliphatic rings. The Hall–Kier alpha value is -2.15. The number of carbonyl (C=O) groups excluding carboxylic acids is 1. The summed E-state index contributed by atoms with van der Waals surface area (Å²) in [6.07, 6.45) is 7.05. The number of hydrogen-bond donors (Lipinski definition) is 0. The third-order valence-electron chi connectivity index (χ3n) is 5.11. The molecule has 0 bridgehead atoms. The van der Waals surface area contributed by atoms with Crippen molar-refractivity contribution in [1.82, 2.24) is 14.8 Å². The Labute approximate surface area is 178 Å². The quantitative estimate of drug-likeness (QED) is 0.460. The molecule has 1 saturated heterocycles. The number of hydrogen-bond acceptors (Lipinski definition) is 5. The fourth-order valence-corrected chi connectivity index (χ4v) is 4.29. The SMILES string of the molecule is CCC(Oc1ccc2c(c1)c(C=O)nn2C1CCCCO1)c1c(Cl)cncc1Cl. The van der Waals surface area contributed by atoms with Crippen LogP contribution in [-0.4, -0.2) is 27.7 Å². The maximum Gasteiger partial charge on any atom is 0.170 e. The average Bonchev–Trinajstić information content (AvgIpc) is 3.11. The number of carbonyl (C=O) groups is 1. The van der Waals surface area contributed by atoms with Gasteiger partial charge in [0.25, 0.3) is 0 Å². The highest BCUT2D eigenvalue weighted by molar-refractivity contribution is 6.35. The van der Waals surface area contributed by atoms with Crippen molar-refractivity contribution in [3.05, 3.63) is 51.9 Å². The van der Waals surface area contributed by atoms with Crippen molar-refractivity contribution in [3.8, 4) is 5.75 Å². The number of fused-ring (bicyclic) bond motifs is 1. The number of benzene rings is 1. The van der Waals surface area contributed by atoms with Gasteiger partial charge in [0.15, 0.2) is 12.5 Å². The lowest BCUT2D eigenvalue weighted by atomic mass is 10.1. The van der Waals surface area contributed by atoms with E-state index in [9.17, 15) is 4.79 Å². The first-order valence-corrected chi connectivity index (χ1v) is 10.4. The summed E-state index contributed by atoms with van der Waals surface area (Å²) in [4.78, 5) is 15.6. The van der Waals surface area contributed by atoms with Gasteiger partial charge in [-0.3, -0.25) is 9.78 Å². The van der Waals surface area contributed by atoms with E-state index >= 15 is 0 Å². The van der Waals surface area contributed by atoms with Crippen LogP contribution in [0.4, 0.5) is 0 Å². The summed E-state index contributed by atoms with van der Waals surface area (Å²) in [6.45, 7) is 2.70. The molecule has 3 aromatic rings. The van der Waals surface area contributed by atoms with Gasteiger partial charge in [0.05, 0.1) is 15.6 Å². The van der Waals surface area contributed by atoms with Gasteiger partial charge < -0.3 is 9.47 Å². The molecule has 8 heteroatoms. The Morgan fingerprint density at radius 3 is 2.76 bits per heavy atom.